The number of aryl methyl sites for hydroxylation is 1. The van der Waals surface area contributed by atoms with Crippen LogP contribution in [0, 0.1) is 6.92 Å². The summed E-state index contributed by atoms with van der Waals surface area (Å²) in [5, 5.41) is 0. The van der Waals surface area contributed by atoms with Gasteiger partial charge in [-0.2, -0.15) is 0 Å². The molecule has 0 amide bonds. The second kappa shape index (κ2) is 7.99. The average Bonchev–Trinajstić information content (AvgIpc) is 2.26. The number of nitrogen functional groups attached to an aromatic ring is 1. The number of benzene rings is 1. The van der Waals surface area contributed by atoms with Gasteiger partial charge in [0, 0.05) is 11.8 Å². The lowest BCUT2D eigenvalue weighted by Crippen LogP contribution is -1.98. The molecule has 0 saturated carbocycles. The number of rotatable bonds is 8. The molecule has 0 unspecified atom stereocenters. The Balaban J connectivity index is 2.13. The number of hydrogen-bond donors (Lipinski definition) is 1. The summed E-state index contributed by atoms with van der Waals surface area (Å²) in [4.78, 5) is 0. The highest BCUT2D eigenvalue weighted by Crippen LogP contribution is 2.18. The van der Waals surface area contributed by atoms with Crippen molar-refractivity contribution in [1.82, 2.24) is 0 Å². The van der Waals surface area contributed by atoms with Crippen molar-refractivity contribution in [3.8, 4) is 5.75 Å². The normalized spacial score (nSPS) is 10.5. The van der Waals surface area contributed by atoms with Crippen molar-refractivity contribution in [2.24, 2.45) is 0 Å². The quantitative estimate of drug-likeness (QED) is 0.538. The van der Waals surface area contributed by atoms with Gasteiger partial charge in [-0.3, -0.25) is 0 Å². The lowest BCUT2D eigenvalue weighted by Gasteiger charge is -2.08. The third kappa shape index (κ3) is 6.20. The predicted molar refractivity (Wildman–Crippen MR) is 74.5 cm³/mol. The van der Waals surface area contributed by atoms with E-state index in [-0.39, 0.29) is 0 Å². The highest BCUT2D eigenvalue weighted by atomic mass is 16.5. The highest BCUT2D eigenvalue weighted by molar-refractivity contribution is 5.47. The van der Waals surface area contributed by atoms with Gasteiger partial charge in [0.1, 0.15) is 5.75 Å². The van der Waals surface area contributed by atoms with E-state index in [1.807, 2.05) is 25.1 Å². The van der Waals surface area contributed by atoms with E-state index in [4.69, 9.17) is 10.5 Å². The fourth-order valence-electron chi connectivity index (χ4n) is 1.93. The van der Waals surface area contributed by atoms with Crippen molar-refractivity contribution in [2.75, 3.05) is 12.3 Å². The molecule has 0 atom stereocenters. The molecule has 17 heavy (non-hydrogen) atoms. The molecule has 1 rings (SSSR count). The molecular formula is C15H25NO. The molecule has 0 fully saturated rings. The van der Waals surface area contributed by atoms with E-state index >= 15 is 0 Å². The molecule has 2 nitrogen and oxygen atoms in total. The van der Waals surface area contributed by atoms with E-state index < -0.39 is 0 Å². The summed E-state index contributed by atoms with van der Waals surface area (Å²) in [6, 6.07) is 5.88. The van der Waals surface area contributed by atoms with E-state index in [1.54, 1.807) is 0 Å². The monoisotopic (exact) mass is 235 g/mol. The highest BCUT2D eigenvalue weighted by Gasteiger charge is 1.97. The summed E-state index contributed by atoms with van der Waals surface area (Å²) < 4.78 is 5.69. The zero-order valence-corrected chi connectivity index (χ0v) is 11.2. The lowest BCUT2D eigenvalue weighted by atomic mass is 10.1. The van der Waals surface area contributed by atoms with Crippen molar-refractivity contribution in [3.05, 3.63) is 23.8 Å². The molecule has 1 aromatic rings. The number of hydrogen-bond acceptors (Lipinski definition) is 2. The van der Waals surface area contributed by atoms with Gasteiger partial charge in [-0.1, -0.05) is 39.0 Å². The smallest absolute Gasteiger partial charge is 0.121 e. The molecule has 0 radical (unpaired) electrons. The SMILES string of the molecule is CCCCCCCCOc1cc(C)cc(N)c1. The van der Waals surface area contributed by atoms with Gasteiger partial charge in [0.2, 0.25) is 0 Å². The molecule has 2 N–H and O–H groups in total. The number of anilines is 1. The first-order valence-electron chi connectivity index (χ1n) is 6.72. The van der Waals surface area contributed by atoms with Gasteiger partial charge in [0.05, 0.1) is 6.61 Å². The van der Waals surface area contributed by atoms with Crippen LogP contribution in [0.1, 0.15) is 51.0 Å². The van der Waals surface area contributed by atoms with Crippen LogP contribution in [0.3, 0.4) is 0 Å². The molecule has 2 heteroatoms. The first kappa shape index (κ1) is 13.9. The van der Waals surface area contributed by atoms with Crippen LogP contribution < -0.4 is 10.5 Å². The fourth-order valence-corrected chi connectivity index (χ4v) is 1.93. The molecule has 0 spiro atoms. The Morgan fingerprint density at radius 2 is 1.71 bits per heavy atom. The van der Waals surface area contributed by atoms with Gasteiger partial charge in [0.15, 0.2) is 0 Å². The molecule has 0 saturated heterocycles. The van der Waals surface area contributed by atoms with Gasteiger partial charge in [-0.15, -0.1) is 0 Å². The predicted octanol–water partition coefficient (Wildman–Crippen LogP) is 4.32. The molecular weight excluding hydrogens is 210 g/mol. The molecule has 96 valence electrons. The Morgan fingerprint density at radius 1 is 1.00 bits per heavy atom. The number of nitrogens with two attached hydrogens (primary N) is 1. The summed E-state index contributed by atoms with van der Waals surface area (Å²) in [6.07, 6.45) is 7.74. The van der Waals surface area contributed by atoms with Crippen molar-refractivity contribution in [2.45, 2.75) is 52.4 Å². The summed E-state index contributed by atoms with van der Waals surface area (Å²) >= 11 is 0. The Kier molecular flexibility index (Phi) is 6.53. The van der Waals surface area contributed by atoms with Crippen LogP contribution >= 0.6 is 0 Å². The van der Waals surface area contributed by atoms with Crippen molar-refractivity contribution < 1.29 is 4.74 Å². The minimum absolute atomic E-state index is 0.781. The Labute approximate surface area is 105 Å². The molecule has 0 aromatic heterocycles. The zero-order valence-electron chi connectivity index (χ0n) is 11.2. The van der Waals surface area contributed by atoms with Crippen LogP contribution in [0.5, 0.6) is 5.75 Å². The molecule has 0 aliphatic heterocycles. The average molecular weight is 235 g/mol. The van der Waals surface area contributed by atoms with Crippen LogP contribution in [0.25, 0.3) is 0 Å². The van der Waals surface area contributed by atoms with Crippen molar-refractivity contribution in [1.29, 1.82) is 0 Å². The van der Waals surface area contributed by atoms with E-state index in [9.17, 15) is 0 Å². The maximum Gasteiger partial charge on any atom is 0.121 e. The van der Waals surface area contributed by atoms with Crippen LogP contribution in [0.4, 0.5) is 5.69 Å². The first-order valence-corrected chi connectivity index (χ1v) is 6.72. The van der Waals surface area contributed by atoms with Crippen LogP contribution in [-0.2, 0) is 0 Å². The summed E-state index contributed by atoms with van der Waals surface area (Å²) in [7, 11) is 0. The first-order chi connectivity index (χ1) is 8.22. The van der Waals surface area contributed by atoms with Crippen molar-refractivity contribution >= 4 is 5.69 Å². The molecule has 0 aliphatic carbocycles. The number of unbranched alkanes of at least 4 members (excludes halogenated alkanes) is 5. The molecule has 0 aliphatic rings. The Hall–Kier alpha value is -1.18. The second-order valence-corrected chi connectivity index (χ2v) is 4.70. The maximum absolute atomic E-state index is 5.76. The van der Waals surface area contributed by atoms with Crippen molar-refractivity contribution in [3.63, 3.8) is 0 Å². The van der Waals surface area contributed by atoms with Crippen LogP contribution in [0.2, 0.25) is 0 Å². The largest absolute Gasteiger partial charge is 0.494 e. The van der Waals surface area contributed by atoms with Gasteiger partial charge in [-0.05, 0) is 31.0 Å². The fraction of sp³-hybridized carbons (Fsp3) is 0.600. The van der Waals surface area contributed by atoms with Gasteiger partial charge >= 0.3 is 0 Å². The second-order valence-electron chi connectivity index (χ2n) is 4.70. The minimum Gasteiger partial charge on any atom is -0.494 e. The Bertz CT molecular complexity index is 302. The van der Waals surface area contributed by atoms with E-state index in [0.29, 0.717) is 0 Å². The van der Waals surface area contributed by atoms with Gasteiger partial charge in [0.25, 0.3) is 0 Å². The zero-order chi connectivity index (χ0) is 12.5. The standard InChI is InChI=1S/C15H25NO/c1-3-4-5-6-7-8-9-17-15-11-13(2)10-14(16)12-15/h10-12H,3-9,16H2,1-2H3. The number of ether oxygens (including phenoxy) is 1. The van der Waals surface area contributed by atoms with Gasteiger partial charge in [-0.25, -0.2) is 0 Å². The minimum atomic E-state index is 0.781. The molecule has 0 bridgehead atoms. The van der Waals surface area contributed by atoms with Gasteiger partial charge < -0.3 is 10.5 Å². The molecule has 1 aromatic carbocycles. The maximum atomic E-state index is 5.76. The van der Waals surface area contributed by atoms with Crippen LogP contribution in [-0.4, -0.2) is 6.61 Å². The van der Waals surface area contributed by atoms with E-state index in [2.05, 4.69) is 6.92 Å². The topological polar surface area (TPSA) is 35.2 Å². The Morgan fingerprint density at radius 3 is 2.41 bits per heavy atom. The lowest BCUT2D eigenvalue weighted by molar-refractivity contribution is 0.304. The van der Waals surface area contributed by atoms with E-state index in [1.165, 1.54) is 32.1 Å². The van der Waals surface area contributed by atoms with E-state index in [0.717, 1.165) is 30.0 Å². The summed E-state index contributed by atoms with van der Waals surface area (Å²) in [5.41, 5.74) is 7.70. The third-order valence-corrected chi connectivity index (χ3v) is 2.84. The molecule has 0 heterocycles. The summed E-state index contributed by atoms with van der Waals surface area (Å²) in [6.45, 7) is 5.08. The van der Waals surface area contributed by atoms with Crippen LogP contribution in [0.15, 0.2) is 18.2 Å². The third-order valence-electron chi connectivity index (χ3n) is 2.84. The summed E-state index contributed by atoms with van der Waals surface area (Å²) in [5.74, 6) is 0.899.